The molecule has 3 aromatic carbocycles. The molecule has 0 aliphatic carbocycles. The number of hydrogen-bond acceptors (Lipinski definition) is 2. The van der Waals surface area contributed by atoms with Crippen molar-refractivity contribution in [3.63, 3.8) is 0 Å². The molecule has 1 N–H and O–H groups in total. The van der Waals surface area contributed by atoms with Gasteiger partial charge < -0.3 is 10.1 Å². The first kappa shape index (κ1) is 22.1. The van der Waals surface area contributed by atoms with Crippen molar-refractivity contribution in [2.45, 2.75) is 12.8 Å². The van der Waals surface area contributed by atoms with E-state index < -0.39 is 46.6 Å². The molecule has 31 heavy (non-hydrogen) atoms. The van der Waals surface area contributed by atoms with Gasteiger partial charge in [0.25, 0.3) is 5.91 Å². The highest BCUT2D eigenvalue weighted by molar-refractivity contribution is 6.04. The lowest BCUT2D eigenvalue weighted by Gasteiger charge is -2.14. The minimum Gasteiger partial charge on any atom is -0.489 e. The van der Waals surface area contributed by atoms with Gasteiger partial charge in [-0.25, -0.2) is 17.6 Å². The summed E-state index contributed by atoms with van der Waals surface area (Å²) >= 11 is 0. The molecule has 0 saturated carbocycles. The number of halogens is 7. The molecule has 0 aliphatic rings. The van der Waals surface area contributed by atoms with E-state index in [1.165, 1.54) is 24.3 Å². The second-order valence-electron chi connectivity index (χ2n) is 6.26. The SMILES string of the molecule is O=C(Nc1c(F)c(F)c(C(F)(F)F)c(F)c1F)c1ccc(OCc2ccccc2)cc1. The van der Waals surface area contributed by atoms with Gasteiger partial charge in [0.05, 0.1) is 0 Å². The molecule has 0 bridgehead atoms. The first-order chi connectivity index (χ1) is 14.6. The maximum absolute atomic E-state index is 13.9. The van der Waals surface area contributed by atoms with Crippen LogP contribution in [0.25, 0.3) is 0 Å². The minimum atomic E-state index is -5.67. The molecule has 10 heteroatoms. The van der Waals surface area contributed by atoms with E-state index in [2.05, 4.69) is 0 Å². The predicted molar refractivity (Wildman–Crippen MR) is 96.4 cm³/mol. The summed E-state index contributed by atoms with van der Waals surface area (Å²) in [7, 11) is 0. The maximum Gasteiger partial charge on any atom is 0.422 e. The zero-order chi connectivity index (χ0) is 22.8. The first-order valence-electron chi connectivity index (χ1n) is 8.61. The topological polar surface area (TPSA) is 38.3 Å². The molecule has 0 atom stereocenters. The summed E-state index contributed by atoms with van der Waals surface area (Å²) in [5, 5.41) is 1.56. The zero-order valence-electron chi connectivity index (χ0n) is 15.4. The Kier molecular flexibility index (Phi) is 6.19. The van der Waals surface area contributed by atoms with Gasteiger partial charge in [-0.05, 0) is 29.8 Å². The van der Waals surface area contributed by atoms with E-state index in [0.717, 1.165) is 5.56 Å². The Morgan fingerprint density at radius 2 is 1.35 bits per heavy atom. The van der Waals surface area contributed by atoms with Crippen LogP contribution in [-0.2, 0) is 12.8 Å². The highest BCUT2D eigenvalue weighted by Crippen LogP contribution is 2.38. The molecule has 3 rings (SSSR count). The molecule has 3 aromatic rings. The summed E-state index contributed by atoms with van der Waals surface area (Å²) in [5.74, 6) is -10.9. The molecular formula is C21H12F7NO2. The molecule has 1 amide bonds. The molecule has 0 heterocycles. The monoisotopic (exact) mass is 443 g/mol. The van der Waals surface area contributed by atoms with Crippen molar-refractivity contribution in [3.8, 4) is 5.75 Å². The van der Waals surface area contributed by atoms with Crippen molar-refractivity contribution in [2.24, 2.45) is 0 Å². The third kappa shape index (κ3) is 4.79. The van der Waals surface area contributed by atoms with Crippen LogP contribution in [0.3, 0.4) is 0 Å². The quantitative estimate of drug-likeness (QED) is 0.383. The Bertz CT molecular complexity index is 1070. The average Bonchev–Trinajstić information content (AvgIpc) is 2.74. The summed E-state index contributed by atoms with van der Waals surface area (Å²) in [6, 6.07) is 14.2. The molecule has 0 aliphatic heterocycles. The van der Waals surface area contributed by atoms with Gasteiger partial charge in [0.2, 0.25) is 0 Å². The third-order valence-electron chi connectivity index (χ3n) is 4.15. The molecule has 0 saturated heterocycles. The summed E-state index contributed by atoms with van der Waals surface area (Å²) in [6.07, 6.45) is -5.67. The van der Waals surface area contributed by atoms with Gasteiger partial charge in [-0.2, -0.15) is 13.2 Å². The Balaban J connectivity index is 1.77. The zero-order valence-corrected chi connectivity index (χ0v) is 15.4. The highest BCUT2D eigenvalue weighted by Gasteiger charge is 2.42. The van der Waals surface area contributed by atoms with E-state index in [1.807, 2.05) is 30.3 Å². The van der Waals surface area contributed by atoms with Crippen molar-refractivity contribution in [3.05, 3.63) is 94.6 Å². The number of carbonyl (C=O) groups is 1. The number of alkyl halides is 3. The fourth-order valence-corrected chi connectivity index (χ4v) is 2.62. The van der Waals surface area contributed by atoms with Crippen LogP contribution in [0.4, 0.5) is 36.4 Å². The van der Waals surface area contributed by atoms with Crippen LogP contribution in [0.1, 0.15) is 21.5 Å². The lowest BCUT2D eigenvalue weighted by Crippen LogP contribution is -2.20. The Labute approximate surface area is 171 Å². The summed E-state index contributed by atoms with van der Waals surface area (Å²) in [4.78, 5) is 12.2. The second kappa shape index (κ2) is 8.66. The Hall–Kier alpha value is -3.56. The van der Waals surface area contributed by atoms with E-state index in [-0.39, 0.29) is 12.2 Å². The number of amides is 1. The summed E-state index contributed by atoms with van der Waals surface area (Å²) in [6.45, 7) is 0.229. The minimum absolute atomic E-state index is 0.188. The van der Waals surface area contributed by atoms with E-state index in [0.29, 0.717) is 5.75 Å². The summed E-state index contributed by atoms with van der Waals surface area (Å²) in [5.41, 5.74) is -3.70. The van der Waals surface area contributed by atoms with Crippen LogP contribution in [-0.4, -0.2) is 5.91 Å². The summed E-state index contributed by atoms with van der Waals surface area (Å²) < 4.78 is 98.5. The average molecular weight is 443 g/mol. The molecule has 0 unspecified atom stereocenters. The number of anilines is 1. The molecule has 3 nitrogen and oxygen atoms in total. The van der Waals surface area contributed by atoms with Crippen LogP contribution < -0.4 is 10.1 Å². The molecule has 0 radical (unpaired) electrons. The molecule has 162 valence electrons. The van der Waals surface area contributed by atoms with Gasteiger partial charge in [-0.1, -0.05) is 30.3 Å². The van der Waals surface area contributed by atoms with Gasteiger partial charge in [-0.15, -0.1) is 0 Å². The van der Waals surface area contributed by atoms with Gasteiger partial charge in [-0.3, -0.25) is 4.79 Å². The molecule has 0 spiro atoms. The molecular weight excluding hydrogens is 431 g/mol. The fraction of sp³-hybridized carbons (Fsp3) is 0.0952. The van der Waals surface area contributed by atoms with Crippen LogP contribution in [0.15, 0.2) is 54.6 Å². The van der Waals surface area contributed by atoms with Crippen LogP contribution in [0.5, 0.6) is 5.75 Å². The standard InChI is InChI=1S/C21H12F7NO2/c22-15-14(21(26,27)28)16(23)18(25)19(17(15)24)29-20(30)12-6-8-13(9-7-12)31-10-11-4-2-1-3-5-11/h1-9H,10H2,(H,29,30). The lowest BCUT2D eigenvalue weighted by molar-refractivity contribution is -0.143. The van der Waals surface area contributed by atoms with Crippen molar-refractivity contribution < 1.29 is 40.3 Å². The first-order valence-corrected chi connectivity index (χ1v) is 8.61. The van der Waals surface area contributed by atoms with Crippen molar-refractivity contribution in [1.29, 1.82) is 0 Å². The van der Waals surface area contributed by atoms with E-state index in [4.69, 9.17) is 4.74 Å². The van der Waals surface area contributed by atoms with E-state index in [1.54, 1.807) is 5.32 Å². The fourth-order valence-electron chi connectivity index (χ4n) is 2.62. The van der Waals surface area contributed by atoms with Crippen molar-refractivity contribution >= 4 is 11.6 Å². The normalized spacial score (nSPS) is 11.3. The van der Waals surface area contributed by atoms with Crippen LogP contribution in [0, 0.1) is 23.3 Å². The van der Waals surface area contributed by atoms with E-state index in [9.17, 15) is 35.5 Å². The van der Waals surface area contributed by atoms with Crippen molar-refractivity contribution in [2.75, 3.05) is 5.32 Å². The number of ether oxygens (including phenoxy) is 1. The van der Waals surface area contributed by atoms with Crippen LogP contribution >= 0.6 is 0 Å². The second-order valence-corrected chi connectivity index (χ2v) is 6.26. The number of hydrogen-bond donors (Lipinski definition) is 1. The predicted octanol–water partition coefficient (Wildman–Crippen LogP) is 6.09. The van der Waals surface area contributed by atoms with Gasteiger partial charge >= 0.3 is 6.18 Å². The Morgan fingerprint density at radius 1 is 0.806 bits per heavy atom. The number of rotatable bonds is 5. The van der Waals surface area contributed by atoms with Crippen molar-refractivity contribution in [1.82, 2.24) is 0 Å². The van der Waals surface area contributed by atoms with Crippen LogP contribution in [0.2, 0.25) is 0 Å². The smallest absolute Gasteiger partial charge is 0.422 e. The van der Waals surface area contributed by atoms with E-state index >= 15 is 0 Å². The number of carbonyl (C=O) groups excluding carboxylic acids is 1. The third-order valence-corrected chi connectivity index (χ3v) is 4.15. The van der Waals surface area contributed by atoms with Gasteiger partial charge in [0, 0.05) is 5.56 Å². The Morgan fingerprint density at radius 3 is 1.87 bits per heavy atom. The largest absolute Gasteiger partial charge is 0.489 e. The number of benzene rings is 3. The maximum atomic E-state index is 13.9. The molecule has 0 aromatic heterocycles. The lowest BCUT2D eigenvalue weighted by atomic mass is 10.1. The molecule has 0 fully saturated rings. The van der Waals surface area contributed by atoms with Gasteiger partial charge in [0.1, 0.15) is 23.6 Å². The van der Waals surface area contributed by atoms with Gasteiger partial charge in [0.15, 0.2) is 23.3 Å². The highest BCUT2D eigenvalue weighted by atomic mass is 19.4. The number of nitrogens with one attached hydrogen (secondary N) is 1.